The molecule has 0 radical (unpaired) electrons. The van der Waals surface area contributed by atoms with Gasteiger partial charge in [-0.15, -0.1) is 0 Å². The monoisotopic (exact) mass is 338 g/mol. The van der Waals surface area contributed by atoms with Crippen molar-refractivity contribution in [3.63, 3.8) is 0 Å². The lowest BCUT2D eigenvalue weighted by atomic mass is 10.1. The second kappa shape index (κ2) is 8.63. The molecule has 0 spiro atoms. The molecular weight excluding hydrogens is 316 g/mol. The molecule has 6 heteroatoms. The van der Waals surface area contributed by atoms with Gasteiger partial charge in [0.15, 0.2) is 0 Å². The average molecular weight is 338 g/mol. The van der Waals surface area contributed by atoms with Gasteiger partial charge in [-0.1, -0.05) is 29.8 Å². The van der Waals surface area contributed by atoms with Crippen LogP contribution in [0.4, 0.5) is 5.69 Å². The van der Waals surface area contributed by atoms with Gasteiger partial charge in [0.1, 0.15) is 0 Å². The standard InChI is InChI=1S/C19H22N4O2/c1-14-4-8-16(9-5-14)19(25)20-13-18(24)22-21-12-15-6-10-17(11-7-15)23(2)3/h4-12H,13H2,1-3H3,(H,20,25)(H,22,24)/b21-12+. The molecule has 25 heavy (non-hydrogen) atoms. The third kappa shape index (κ3) is 5.76. The predicted octanol–water partition coefficient (Wildman–Crippen LogP) is 1.94. The van der Waals surface area contributed by atoms with Crippen LogP contribution < -0.4 is 15.6 Å². The first-order valence-electron chi connectivity index (χ1n) is 7.90. The average Bonchev–Trinajstić information content (AvgIpc) is 2.60. The van der Waals surface area contributed by atoms with E-state index in [1.165, 1.54) is 0 Å². The van der Waals surface area contributed by atoms with E-state index in [4.69, 9.17) is 0 Å². The zero-order chi connectivity index (χ0) is 18.2. The van der Waals surface area contributed by atoms with Gasteiger partial charge in [0.25, 0.3) is 11.8 Å². The fourth-order valence-corrected chi connectivity index (χ4v) is 2.04. The Bertz CT molecular complexity index is 750. The molecule has 0 saturated heterocycles. The molecular formula is C19H22N4O2. The molecule has 0 saturated carbocycles. The lowest BCUT2D eigenvalue weighted by molar-refractivity contribution is -0.120. The number of hydrogen-bond acceptors (Lipinski definition) is 4. The van der Waals surface area contributed by atoms with Crippen molar-refractivity contribution in [2.24, 2.45) is 5.10 Å². The summed E-state index contributed by atoms with van der Waals surface area (Å²) in [7, 11) is 3.93. The van der Waals surface area contributed by atoms with Crippen LogP contribution in [0.3, 0.4) is 0 Å². The van der Waals surface area contributed by atoms with Crippen LogP contribution >= 0.6 is 0 Å². The molecule has 0 bridgehead atoms. The van der Waals surface area contributed by atoms with Crippen LogP contribution in [0.2, 0.25) is 0 Å². The van der Waals surface area contributed by atoms with E-state index >= 15 is 0 Å². The van der Waals surface area contributed by atoms with Crippen LogP contribution in [0.15, 0.2) is 53.6 Å². The molecule has 0 atom stereocenters. The van der Waals surface area contributed by atoms with E-state index in [2.05, 4.69) is 15.8 Å². The molecule has 2 rings (SSSR count). The van der Waals surface area contributed by atoms with E-state index in [-0.39, 0.29) is 18.4 Å². The van der Waals surface area contributed by atoms with Crippen LogP contribution in [0.1, 0.15) is 21.5 Å². The second-order valence-corrected chi connectivity index (χ2v) is 5.83. The number of benzene rings is 2. The molecule has 0 heterocycles. The maximum absolute atomic E-state index is 11.9. The molecule has 6 nitrogen and oxygen atoms in total. The predicted molar refractivity (Wildman–Crippen MR) is 100 cm³/mol. The highest BCUT2D eigenvalue weighted by Crippen LogP contribution is 2.10. The molecule has 0 aliphatic rings. The summed E-state index contributed by atoms with van der Waals surface area (Å²) in [6, 6.07) is 14.9. The lowest BCUT2D eigenvalue weighted by Crippen LogP contribution is -2.34. The highest BCUT2D eigenvalue weighted by Gasteiger charge is 2.07. The smallest absolute Gasteiger partial charge is 0.259 e. The maximum atomic E-state index is 11.9. The minimum atomic E-state index is -0.387. The number of hydrazone groups is 1. The number of carbonyl (C=O) groups is 2. The highest BCUT2D eigenvalue weighted by atomic mass is 16.2. The van der Waals surface area contributed by atoms with Crippen molar-refractivity contribution < 1.29 is 9.59 Å². The van der Waals surface area contributed by atoms with E-state index in [1.807, 2.05) is 62.3 Å². The fourth-order valence-electron chi connectivity index (χ4n) is 2.04. The van der Waals surface area contributed by atoms with E-state index in [0.29, 0.717) is 5.56 Å². The van der Waals surface area contributed by atoms with Crippen molar-refractivity contribution in [1.82, 2.24) is 10.7 Å². The van der Waals surface area contributed by atoms with Crippen molar-refractivity contribution in [2.75, 3.05) is 25.5 Å². The Balaban J connectivity index is 1.78. The van der Waals surface area contributed by atoms with Gasteiger partial charge in [0.2, 0.25) is 0 Å². The largest absolute Gasteiger partial charge is 0.378 e. The number of carbonyl (C=O) groups excluding carboxylic acids is 2. The van der Waals surface area contributed by atoms with Gasteiger partial charge in [0, 0.05) is 25.3 Å². The highest BCUT2D eigenvalue weighted by molar-refractivity contribution is 5.96. The number of nitrogens with zero attached hydrogens (tertiary/aromatic N) is 2. The Morgan fingerprint density at radius 1 is 1.04 bits per heavy atom. The molecule has 0 aromatic heterocycles. The van der Waals surface area contributed by atoms with Crippen LogP contribution in [-0.2, 0) is 4.79 Å². The van der Waals surface area contributed by atoms with Crippen LogP contribution in [0.25, 0.3) is 0 Å². The Hall–Kier alpha value is -3.15. The Morgan fingerprint density at radius 2 is 1.68 bits per heavy atom. The zero-order valence-electron chi connectivity index (χ0n) is 14.6. The van der Waals surface area contributed by atoms with Crippen molar-refractivity contribution >= 4 is 23.7 Å². The third-order valence-corrected chi connectivity index (χ3v) is 3.54. The number of amides is 2. The normalized spacial score (nSPS) is 10.5. The van der Waals surface area contributed by atoms with Gasteiger partial charge in [-0.25, -0.2) is 5.43 Å². The molecule has 2 aromatic rings. The van der Waals surface area contributed by atoms with Crippen molar-refractivity contribution in [3.05, 3.63) is 65.2 Å². The molecule has 0 fully saturated rings. The number of nitrogens with one attached hydrogen (secondary N) is 2. The molecule has 130 valence electrons. The van der Waals surface area contributed by atoms with Crippen LogP contribution in [0.5, 0.6) is 0 Å². The summed E-state index contributed by atoms with van der Waals surface area (Å²) in [5, 5.41) is 6.45. The van der Waals surface area contributed by atoms with Gasteiger partial charge in [-0.3, -0.25) is 9.59 Å². The first-order valence-corrected chi connectivity index (χ1v) is 7.90. The van der Waals surface area contributed by atoms with Crippen molar-refractivity contribution in [3.8, 4) is 0 Å². The number of anilines is 1. The van der Waals surface area contributed by atoms with E-state index in [1.54, 1.807) is 18.3 Å². The molecule has 2 N–H and O–H groups in total. The molecule has 0 unspecified atom stereocenters. The van der Waals surface area contributed by atoms with E-state index in [0.717, 1.165) is 16.8 Å². The van der Waals surface area contributed by atoms with Crippen molar-refractivity contribution in [1.29, 1.82) is 0 Å². The zero-order valence-corrected chi connectivity index (χ0v) is 14.6. The van der Waals surface area contributed by atoms with Gasteiger partial charge in [0.05, 0.1) is 12.8 Å². The lowest BCUT2D eigenvalue weighted by Gasteiger charge is -2.11. The SMILES string of the molecule is Cc1ccc(C(=O)NCC(=O)N/N=C/c2ccc(N(C)C)cc2)cc1. The van der Waals surface area contributed by atoms with Gasteiger partial charge in [-0.2, -0.15) is 5.10 Å². The molecule has 2 amide bonds. The summed E-state index contributed by atoms with van der Waals surface area (Å²) in [5.74, 6) is -0.681. The summed E-state index contributed by atoms with van der Waals surface area (Å²) in [6.07, 6.45) is 1.55. The quantitative estimate of drug-likeness (QED) is 0.624. The topological polar surface area (TPSA) is 73.8 Å². The van der Waals surface area contributed by atoms with E-state index in [9.17, 15) is 9.59 Å². The third-order valence-electron chi connectivity index (χ3n) is 3.54. The number of aryl methyl sites for hydroxylation is 1. The van der Waals surface area contributed by atoms with Crippen LogP contribution in [-0.4, -0.2) is 38.7 Å². The molecule has 0 aliphatic heterocycles. The minimum absolute atomic E-state index is 0.135. The van der Waals surface area contributed by atoms with Gasteiger partial charge >= 0.3 is 0 Å². The summed E-state index contributed by atoms with van der Waals surface area (Å²) in [5.41, 5.74) is 5.93. The number of rotatable bonds is 6. The molecule has 2 aromatic carbocycles. The van der Waals surface area contributed by atoms with Gasteiger partial charge in [-0.05, 0) is 36.8 Å². The van der Waals surface area contributed by atoms with Crippen LogP contribution in [0, 0.1) is 6.92 Å². The summed E-state index contributed by atoms with van der Waals surface area (Å²) < 4.78 is 0. The Kier molecular flexibility index (Phi) is 6.28. The van der Waals surface area contributed by atoms with Crippen molar-refractivity contribution in [2.45, 2.75) is 6.92 Å². The summed E-state index contributed by atoms with van der Waals surface area (Å²) >= 11 is 0. The second-order valence-electron chi connectivity index (χ2n) is 5.83. The van der Waals surface area contributed by atoms with E-state index < -0.39 is 0 Å². The Morgan fingerprint density at radius 3 is 2.28 bits per heavy atom. The first kappa shape index (κ1) is 18.2. The summed E-state index contributed by atoms with van der Waals surface area (Å²) in [4.78, 5) is 25.6. The molecule has 0 aliphatic carbocycles. The first-order chi connectivity index (χ1) is 12.0. The fraction of sp³-hybridized carbons (Fsp3) is 0.211. The minimum Gasteiger partial charge on any atom is -0.378 e. The van der Waals surface area contributed by atoms with Gasteiger partial charge < -0.3 is 10.2 Å². The summed E-state index contributed by atoms with van der Waals surface area (Å²) in [6.45, 7) is 1.81. The Labute approximate surface area is 147 Å². The number of hydrogen-bond donors (Lipinski definition) is 2. The maximum Gasteiger partial charge on any atom is 0.259 e.